The molecule has 1 N–H and O–H groups in total. The number of hydrogen-bond donors (Lipinski definition) is 1. The van der Waals surface area contributed by atoms with Crippen LogP contribution in [-0.4, -0.2) is 61.6 Å². The van der Waals surface area contributed by atoms with E-state index in [1.54, 1.807) is 6.07 Å². The van der Waals surface area contributed by atoms with Gasteiger partial charge in [-0.25, -0.2) is 0 Å². The van der Waals surface area contributed by atoms with E-state index in [0.29, 0.717) is 6.54 Å². The highest BCUT2D eigenvalue weighted by molar-refractivity contribution is 5.43. The van der Waals surface area contributed by atoms with E-state index in [1.807, 2.05) is 11.5 Å². The first-order valence-electron chi connectivity index (χ1n) is 9.09. The van der Waals surface area contributed by atoms with Gasteiger partial charge in [-0.1, -0.05) is 0 Å². The van der Waals surface area contributed by atoms with Crippen LogP contribution in [0.5, 0.6) is 0 Å². The Kier molecular flexibility index (Phi) is 6.29. The Morgan fingerprint density at radius 1 is 1.25 bits per heavy atom. The number of rotatable bonds is 7. The standard InChI is InChI=1S/C18H29N3O3/c1-15-12-16(19-5-3-6-20-7-10-23-11-8-20)13-18(22)21(15)14-17-4-2-9-24-17/h12-13,17,19H,2-11,14H2,1H3. The molecule has 6 heteroatoms. The lowest BCUT2D eigenvalue weighted by molar-refractivity contribution is 0.0378. The third-order valence-corrected chi connectivity index (χ3v) is 4.83. The van der Waals surface area contributed by atoms with E-state index in [-0.39, 0.29) is 11.7 Å². The van der Waals surface area contributed by atoms with Gasteiger partial charge in [-0.05, 0) is 38.8 Å². The molecule has 2 aliphatic heterocycles. The molecule has 1 aromatic rings. The predicted octanol–water partition coefficient (Wildman–Crippen LogP) is 1.47. The molecule has 1 atom stereocenters. The third kappa shape index (κ3) is 4.82. The summed E-state index contributed by atoms with van der Waals surface area (Å²) in [6.45, 7) is 9.18. The molecule has 0 saturated carbocycles. The van der Waals surface area contributed by atoms with Crippen LogP contribution in [0.3, 0.4) is 0 Å². The highest BCUT2D eigenvalue weighted by atomic mass is 16.5. The molecule has 0 aliphatic carbocycles. The highest BCUT2D eigenvalue weighted by Crippen LogP contribution is 2.15. The molecule has 0 amide bonds. The van der Waals surface area contributed by atoms with E-state index in [4.69, 9.17) is 9.47 Å². The Morgan fingerprint density at radius 3 is 2.79 bits per heavy atom. The molecule has 0 radical (unpaired) electrons. The minimum atomic E-state index is 0.0566. The second kappa shape index (κ2) is 8.65. The van der Waals surface area contributed by atoms with E-state index in [2.05, 4.69) is 16.3 Å². The van der Waals surface area contributed by atoms with E-state index in [9.17, 15) is 4.79 Å². The van der Waals surface area contributed by atoms with Crippen molar-refractivity contribution in [3.8, 4) is 0 Å². The second-order valence-electron chi connectivity index (χ2n) is 6.70. The van der Waals surface area contributed by atoms with Crippen molar-refractivity contribution in [2.75, 3.05) is 51.3 Å². The average molecular weight is 335 g/mol. The maximum Gasteiger partial charge on any atom is 0.252 e. The van der Waals surface area contributed by atoms with Crippen LogP contribution in [0.1, 0.15) is 25.0 Å². The molecule has 2 saturated heterocycles. The zero-order valence-electron chi connectivity index (χ0n) is 14.6. The molecule has 0 bridgehead atoms. The fourth-order valence-corrected chi connectivity index (χ4v) is 3.42. The lowest BCUT2D eigenvalue weighted by Crippen LogP contribution is -2.37. The maximum atomic E-state index is 12.4. The molecule has 0 aromatic carbocycles. The van der Waals surface area contributed by atoms with Gasteiger partial charge in [0.1, 0.15) is 0 Å². The van der Waals surface area contributed by atoms with Crippen molar-refractivity contribution in [3.63, 3.8) is 0 Å². The van der Waals surface area contributed by atoms with Crippen LogP contribution in [0.15, 0.2) is 16.9 Å². The summed E-state index contributed by atoms with van der Waals surface area (Å²) >= 11 is 0. The van der Waals surface area contributed by atoms with Gasteiger partial charge in [-0.2, -0.15) is 0 Å². The molecule has 3 heterocycles. The van der Waals surface area contributed by atoms with Crippen LogP contribution >= 0.6 is 0 Å². The zero-order valence-corrected chi connectivity index (χ0v) is 14.6. The van der Waals surface area contributed by atoms with Crippen molar-refractivity contribution in [1.82, 2.24) is 9.47 Å². The van der Waals surface area contributed by atoms with Gasteiger partial charge in [0.25, 0.3) is 5.56 Å². The fourth-order valence-electron chi connectivity index (χ4n) is 3.42. The Morgan fingerprint density at radius 2 is 2.08 bits per heavy atom. The summed E-state index contributed by atoms with van der Waals surface area (Å²) in [5, 5.41) is 3.38. The topological polar surface area (TPSA) is 55.7 Å². The Bertz CT molecular complexity index is 575. The Balaban J connectivity index is 1.48. The van der Waals surface area contributed by atoms with Crippen LogP contribution in [0, 0.1) is 6.92 Å². The average Bonchev–Trinajstić information content (AvgIpc) is 3.09. The minimum Gasteiger partial charge on any atom is -0.385 e. The molecule has 1 unspecified atom stereocenters. The number of ether oxygens (including phenoxy) is 2. The van der Waals surface area contributed by atoms with Crippen molar-refractivity contribution in [3.05, 3.63) is 28.2 Å². The number of anilines is 1. The lowest BCUT2D eigenvalue weighted by atomic mass is 10.2. The van der Waals surface area contributed by atoms with Gasteiger partial charge in [0.15, 0.2) is 0 Å². The first-order valence-corrected chi connectivity index (χ1v) is 9.09. The zero-order chi connectivity index (χ0) is 16.8. The van der Waals surface area contributed by atoms with E-state index < -0.39 is 0 Å². The van der Waals surface area contributed by atoms with E-state index in [0.717, 1.165) is 76.6 Å². The van der Waals surface area contributed by atoms with Gasteiger partial charge in [-0.3, -0.25) is 9.69 Å². The lowest BCUT2D eigenvalue weighted by Gasteiger charge is -2.26. The first-order chi connectivity index (χ1) is 11.7. The van der Waals surface area contributed by atoms with Crippen LogP contribution in [-0.2, 0) is 16.0 Å². The van der Waals surface area contributed by atoms with Crippen molar-refractivity contribution in [1.29, 1.82) is 0 Å². The smallest absolute Gasteiger partial charge is 0.252 e. The van der Waals surface area contributed by atoms with Gasteiger partial charge in [-0.15, -0.1) is 0 Å². The highest BCUT2D eigenvalue weighted by Gasteiger charge is 2.17. The number of hydrogen-bond acceptors (Lipinski definition) is 5. The first kappa shape index (κ1) is 17.5. The summed E-state index contributed by atoms with van der Waals surface area (Å²) < 4.78 is 12.8. The number of aromatic nitrogens is 1. The summed E-state index contributed by atoms with van der Waals surface area (Å²) in [5.74, 6) is 0. The SMILES string of the molecule is Cc1cc(NCCCN2CCOCC2)cc(=O)n1CC1CCCO1. The third-order valence-electron chi connectivity index (χ3n) is 4.83. The normalized spacial score (nSPS) is 22.0. The van der Waals surface area contributed by atoms with Crippen molar-refractivity contribution in [2.24, 2.45) is 0 Å². The molecular formula is C18H29N3O3. The number of pyridine rings is 1. The molecule has 6 nitrogen and oxygen atoms in total. The molecule has 1 aromatic heterocycles. The predicted molar refractivity (Wildman–Crippen MR) is 94.8 cm³/mol. The number of aryl methyl sites for hydroxylation is 1. The Labute approximate surface area is 143 Å². The summed E-state index contributed by atoms with van der Waals surface area (Å²) in [5.41, 5.74) is 1.97. The molecule has 3 rings (SSSR count). The summed E-state index contributed by atoms with van der Waals surface area (Å²) in [4.78, 5) is 14.8. The largest absolute Gasteiger partial charge is 0.385 e. The number of morpholine rings is 1. The van der Waals surface area contributed by atoms with Crippen molar-refractivity contribution < 1.29 is 9.47 Å². The summed E-state index contributed by atoms with van der Waals surface area (Å²) in [7, 11) is 0. The van der Waals surface area contributed by atoms with Gasteiger partial charge >= 0.3 is 0 Å². The number of nitrogens with one attached hydrogen (secondary N) is 1. The van der Waals surface area contributed by atoms with Gasteiger partial charge in [0, 0.05) is 43.7 Å². The monoisotopic (exact) mass is 335 g/mol. The number of nitrogens with zero attached hydrogens (tertiary/aromatic N) is 2. The van der Waals surface area contributed by atoms with Crippen LogP contribution in [0.4, 0.5) is 5.69 Å². The van der Waals surface area contributed by atoms with Crippen LogP contribution in [0.25, 0.3) is 0 Å². The molecular weight excluding hydrogens is 306 g/mol. The second-order valence-corrected chi connectivity index (χ2v) is 6.70. The van der Waals surface area contributed by atoms with Crippen LogP contribution < -0.4 is 10.9 Å². The summed E-state index contributed by atoms with van der Waals surface area (Å²) in [6.07, 6.45) is 3.40. The summed E-state index contributed by atoms with van der Waals surface area (Å²) in [6, 6.07) is 3.77. The van der Waals surface area contributed by atoms with Crippen molar-refractivity contribution >= 4 is 5.69 Å². The van der Waals surface area contributed by atoms with Gasteiger partial charge < -0.3 is 19.4 Å². The van der Waals surface area contributed by atoms with E-state index in [1.165, 1.54) is 0 Å². The molecule has 134 valence electrons. The maximum absolute atomic E-state index is 12.4. The van der Waals surface area contributed by atoms with Gasteiger partial charge in [0.2, 0.25) is 0 Å². The van der Waals surface area contributed by atoms with Gasteiger partial charge in [0.05, 0.1) is 25.9 Å². The van der Waals surface area contributed by atoms with Crippen LogP contribution in [0.2, 0.25) is 0 Å². The Hall–Kier alpha value is -1.37. The van der Waals surface area contributed by atoms with E-state index >= 15 is 0 Å². The molecule has 24 heavy (non-hydrogen) atoms. The molecule has 0 spiro atoms. The molecule has 2 fully saturated rings. The van der Waals surface area contributed by atoms with Crippen molar-refractivity contribution in [2.45, 2.75) is 38.8 Å². The molecule has 2 aliphatic rings. The fraction of sp³-hybridized carbons (Fsp3) is 0.722. The minimum absolute atomic E-state index is 0.0566. The quantitative estimate of drug-likeness (QED) is 0.765.